The molecule has 0 saturated carbocycles. The first kappa shape index (κ1) is 25.3. The molecule has 1 aromatic heterocycles. The summed E-state index contributed by atoms with van der Waals surface area (Å²) in [6.45, 7) is 8.77. The van der Waals surface area contributed by atoms with E-state index in [9.17, 15) is 4.79 Å². The number of fused-ring (bicyclic) bond motifs is 1. The molecular weight excluding hydrogens is 485 g/mol. The van der Waals surface area contributed by atoms with Gasteiger partial charge in [-0.3, -0.25) is 14.6 Å². The highest BCUT2D eigenvalue weighted by molar-refractivity contribution is 8.00. The van der Waals surface area contributed by atoms with Crippen molar-refractivity contribution >= 4 is 68.4 Å². The molecule has 0 unspecified atom stereocenters. The fraction of sp³-hybridized carbons (Fsp3) is 0.391. The largest absolute Gasteiger partial charge is 0.379 e. The molecule has 172 valence electrons. The SMILES string of the molecule is Cc1ccc(SCC(=O)N(CCN2CCOCC2)c2nc3c(C)cc(Cl)cc3s2)cc1.Cl. The van der Waals surface area contributed by atoms with Crippen LogP contribution in [0.25, 0.3) is 10.2 Å². The number of hydrogen-bond acceptors (Lipinski definition) is 6. The van der Waals surface area contributed by atoms with Crippen LogP contribution >= 0.6 is 47.1 Å². The van der Waals surface area contributed by atoms with Crippen LogP contribution in [0.15, 0.2) is 41.3 Å². The lowest BCUT2D eigenvalue weighted by Crippen LogP contribution is -2.43. The van der Waals surface area contributed by atoms with Crippen LogP contribution in [0.2, 0.25) is 5.02 Å². The molecule has 3 aromatic rings. The molecule has 0 bridgehead atoms. The van der Waals surface area contributed by atoms with Crippen molar-refractivity contribution in [3.8, 4) is 0 Å². The summed E-state index contributed by atoms with van der Waals surface area (Å²) >= 11 is 9.34. The second-order valence-corrected chi connectivity index (χ2v) is 10.2. The van der Waals surface area contributed by atoms with Crippen molar-refractivity contribution in [3.63, 3.8) is 0 Å². The van der Waals surface area contributed by atoms with Crippen molar-refractivity contribution in [2.75, 3.05) is 50.0 Å². The Hall–Kier alpha value is -1.35. The van der Waals surface area contributed by atoms with Gasteiger partial charge in [0, 0.05) is 36.1 Å². The number of amides is 1. The minimum Gasteiger partial charge on any atom is -0.379 e. The lowest BCUT2D eigenvalue weighted by molar-refractivity contribution is -0.116. The Morgan fingerprint density at radius 3 is 2.66 bits per heavy atom. The quantitative estimate of drug-likeness (QED) is 0.394. The number of rotatable bonds is 7. The first-order chi connectivity index (χ1) is 15.0. The van der Waals surface area contributed by atoms with E-state index in [1.54, 1.807) is 11.8 Å². The number of aromatic nitrogens is 1. The van der Waals surface area contributed by atoms with E-state index in [-0.39, 0.29) is 18.3 Å². The first-order valence-corrected chi connectivity index (χ1v) is 12.5. The van der Waals surface area contributed by atoms with Gasteiger partial charge in [-0.25, -0.2) is 4.98 Å². The molecule has 4 rings (SSSR count). The fourth-order valence-electron chi connectivity index (χ4n) is 3.51. The van der Waals surface area contributed by atoms with Gasteiger partial charge in [-0.1, -0.05) is 40.6 Å². The van der Waals surface area contributed by atoms with E-state index in [4.69, 9.17) is 21.3 Å². The lowest BCUT2D eigenvalue weighted by Gasteiger charge is -2.29. The molecule has 0 N–H and O–H groups in total. The van der Waals surface area contributed by atoms with Crippen LogP contribution in [0.4, 0.5) is 5.13 Å². The second kappa shape index (κ2) is 11.7. The zero-order chi connectivity index (χ0) is 21.8. The molecule has 9 heteroatoms. The summed E-state index contributed by atoms with van der Waals surface area (Å²) in [6, 6.07) is 12.1. The maximum absolute atomic E-state index is 13.3. The minimum absolute atomic E-state index is 0. The highest BCUT2D eigenvalue weighted by atomic mass is 35.5. The Balaban J connectivity index is 0.00000289. The molecule has 0 aliphatic carbocycles. The van der Waals surface area contributed by atoms with Crippen molar-refractivity contribution in [1.29, 1.82) is 0 Å². The van der Waals surface area contributed by atoms with Crippen molar-refractivity contribution in [2.45, 2.75) is 18.7 Å². The van der Waals surface area contributed by atoms with Gasteiger partial charge in [0.2, 0.25) is 5.91 Å². The van der Waals surface area contributed by atoms with Crippen LogP contribution in [0, 0.1) is 13.8 Å². The zero-order valence-electron chi connectivity index (χ0n) is 18.2. The van der Waals surface area contributed by atoms with Gasteiger partial charge in [0.05, 0.1) is 29.2 Å². The van der Waals surface area contributed by atoms with Crippen molar-refractivity contribution in [2.24, 2.45) is 0 Å². The number of carbonyl (C=O) groups excluding carboxylic acids is 1. The van der Waals surface area contributed by atoms with Gasteiger partial charge < -0.3 is 4.74 Å². The molecule has 5 nitrogen and oxygen atoms in total. The zero-order valence-corrected chi connectivity index (χ0v) is 21.4. The number of ether oxygens (including phenoxy) is 1. The molecule has 1 fully saturated rings. The molecule has 0 spiro atoms. The Morgan fingerprint density at radius 2 is 1.94 bits per heavy atom. The van der Waals surface area contributed by atoms with Crippen LogP contribution in [0.1, 0.15) is 11.1 Å². The molecule has 0 radical (unpaired) electrons. The molecule has 1 aliphatic rings. The molecule has 1 saturated heterocycles. The summed E-state index contributed by atoms with van der Waals surface area (Å²) in [5, 5.41) is 1.43. The third-order valence-electron chi connectivity index (χ3n) is 5.30. The monoisotopic (exact) mass is 511 g/mol. The van der Waals surface area contributed by atoms with E-state index >= 15 is 0 Å². The number of halogens is 2. The number of thiazole rings is 1. The molecular formula is C23H27Cl2N3O2S2. The smallest absolute Gasteiger partial charge is 0.239 e. The molecule has 0 atom stereocenters. The van der Waals surface area contributed by atoms with E-state index in [2.05, 4.69) is 36.1 Å². The van der Waals surface area contributed by atoms with Crippen LogP contribution in [0.5, 0.6) is 0 Å². The number of morpholine rings is 1. The summed E-state index contributed by atoms with van der Waals surface area (Å²) in [5.74, 6) is 0.448. The molecule has 2 aromatic carbocycles. The maximum atomic E-state index is 13.3. The maximum Gasteiger partial charge on any atom is 0.239 e. The topological polar surface area (TPSA) is 45.7 Å². The van der Waals surface area contributed by atoms with E-state index in [0.717, 1.165) is 58.7 Å². The van der Waals surface area contributed by atoms with Gasteiger partial charge in [-0.05, 0) is 43.7 Å². The number of thioether (sulfide) groups is 1. The Labute approximate surface area is 208 Å². The number of benzene rings is 2. The van der Waals surface area contributed by atoms with Gasteiger partial charge in [-0.2, -0.15) is 0 Å². The summed E-state index contributed by atoms with van der Waals surface area (Å²) in [4.78, 5) is 23.4. The van der Waals surface area contributed by atoms with Gasteiger partial charge in [0.1, 0.15) is 0 Å². The lowest BCUT2D eigenvalue weighted by atomic mass is 10.2. The predicted octanol–water partition coefficient (Wildman–Crippen LogP) is 5.45. The van der Waals surface area contributed by atoms with Crippen LogP contribution in [-0.2, 0) is 9.53 Å². The minimum atomic E-state index is 0. The van der Waals surface area contributed by atoms with Crippen LogP contribution < -0.4 is 4.90 Å². The molecule has 1 aliphatic heterocycles. The standard InChI is InChI=1S/C23H26ClN3O2S2.ClH/c1-16-3-5-19(6-4-16)30-15-21(28)27(8-7-26-9-11-29-12-10-26)23-25-22-17(2)13-18(24)14-20(22)31-23;/h3-6,13-14H,7-12,15H2,1-2H3;1H. The third-order valence-corrected chi connectivity index (χ3v) is 7.54. The first-order valence-electron chi connectivity index (χ1n) is 10.4. The van der Waals surface area contributed by atoms with Crippen LogP contribution in [-0.4, -0.2) is 60.9 Å². The molecule has 32 heavy (non-hydrogen) atoms. The highest BCUT2D eigenvalue weighted by Crippen LogP contribution is 2.33. The Kier molecular flexibility index (Phi) is 9.22. The van der Waals surface area contributed by atoms with E-state index in [0.29, 0.717) is 17.3 Å². The van der Waals surface area contributed by atoms with E-state index < -0.39 is 0 Å². The van der Waals surface area contributed by atoms with Gasteiger partial charge in [-0.15, -0.1) is 24.2 Å². The van der Waals surface area contributed by atoms with Gasteiger partial charge in [0.25, 0.3) is 0 Å². The summed E-state index contributed by atoms with van der Waals surface area (Å²) in [7, 11) is 0. The molecule has 2 heterocycles. The normalized spacial score (nSPS) is 14.3. The predicted molar refractivity (Wildman–Crippen MR) is 138 cm³/mol. The number of nitrogens with zero attached hydrogens (tertiary/aromatic N) is 3. The molecule has 1 amide bonds. The van der Waals surface area contributed by atoms with Gasteiger partial charge >= 0.3 is 0 Å². The van der Waals surface area contributed by atoms with Crippen LogP contribution in [0.3, 0.4) is 0 Å². The highest BCUT2D eigenvalue weighted by Gasteiger charge is 2.22. The van der Waals surface area contributed by atoms with Crippen molar-refractivity contribution in [3.05, 3.63) is 52.5 Å². The Bertz CT molecular complexity index is 1050. The Morgan fingerprint density at radius 1 is 1.22 bits per heavy atom. The second-order valence-electron chi connectivity index (χ2n) is 7.67. The summed E-state index contributed by atoms with van der Waals surface area (Å²) < 4.78 is 6.46. The average Bonchev–Trinajstić information content (AvgIpc) is 3.18. The number of aryl methyl sites for hydroxylation is 2. The number of hydrogen-bond donors (Lipinski definition) is 0. The van der Waals surface area contributed by atoms with Crippen molar-refractivity contribution in [1.82, 2.24) is 9.88 Å². The fourth-order valence-corrected chi connectivity index (χ4v) is 5.75. The average molecular weight is 513 g/mol. The van der Waals surface area contributed by atoms with E-state index in [1.807, 2.05) is 24.0 Å². The van der Waals surface area contributed by atoms with E-state index in [1.165, 1.54) is 16.9 Å². The number of anilines is 1. The van der Waals surface area contributed by atoms with Gasteiger partial charge in [0.15, 0.2) is 5.13 Å². The number of carbonyl (C=O) groups is 1. The third kappa shape index (κ3) is 6.37. The van der Waals surface area contributed by atoms with Crippen molar-refractivity contribution < 1.29 is 9.53 Å². The summed E-state index contributed by atoms with van der Waals surface area (Å²) in [5.41, 5.74) is 3.16. The summed E-state index contributed by atoms with van der Waals surface area (Å²) in [6.07, 6.45) is 0.